The summed E-state index contributed by atoms with van der Waals surface area (Å²) >= 11 is 0. The number of nitrogens with zero attached hydrogens (tertiary/aromatic N) is 1. The molecule has 1 unspecified atom stereocenters. The summed E-state index contributed by atoms with van der Waals surface area (Å²) < 4.78 is 5.00. The van der Waals surface area contributed by atoms with Gasteiger partial charge in [0.2, 0.25) is 6.41 Å². The lowest BCUT2D eigenvalue weighted by atomic mass is 9.87. The van der Waals surface area contributed by atoms with Crippen LogP contribution in [0.4, 0.5) is 5.69 Å². The van der Waals surface area contributed by atoms with Gasteiger partial charge in [-0.2, -0.15) is 0 Å². The summed E-state index contributed by atoms with van der Waals surface area (Å²) in [5.41, 5.74) is 2.48. The average Bonchev–Trinajstić information content (AvgIpc) is 2.40. The molecule has 0 aromatic heterocycles. The molecular formula is C15H19NO3. The van der Waals surface area contributed by atoms with Crippen LogP contribution in [-0.4, -0.2) is 25.0 Å². The maximum Gasteiger partial charge on any atom is 0.338 e. The van der Waals surface area contributed by atoms with E-state index in [4.69, 9.17) is 4.74 Å². The number of ether oxygens (including phenoxy) is 1. The molecule has 1 aliphatic rings. The van der Waals surface area contributed by atoms with Crippen molar-refractivity contribution >= 4 is 18.1 Å². The number of hydrogen-bond donors (Lipinski definition) is 0. The molecule has 1 heterocycles. The number of carbonyl (C=O) groups excluding carboxylic acids is 2. The largest absolute Gasteiger partial charge is 0.462 e. The van der Waals surface area contributed by atoms with Crippen LogP contribution in [-0.2, 0) is 16.0 Å². The van der Waals surface area contributed by atoms with Gasteiger partial charge in [-0.25, -0.2) is 4.79 Å². The van der Waals surface area contributed by atoms with Gasteiger partial charge < -0.3 is 9.64 Å². The summed E-state index contributed by atoms with van der Waals surface area (Å²) in [4.78, 5) is 24.7. The minimum absolute atomic E-state index is 0.179. The van der Waals surface area contributed by atoms with Gasteiger partial charge in [0.05, 0.1) is 12.2 Å². The fourth-order valence-electron chi connectivity index (χ4n) is 2.51. The SMILES string of the molecule is CCOC(=O)c1ccc2c(c1)CC(C)[C@H](C)N2C=O. The molecule has 19 heavy (non-hydrogen) atoms. The van der Waals surface area contributed by atoms with Crippen molar-refractivity contribution in [3.8, 4) is 0 Å². The fraction of sp³-hybridized carbons (Fsp3) is 0.467. The van der Waals surface area contributed by atoms with Crippen LogP contribution in [0.2, 0.25) is 0 Å². The van der Waals surface area contributed by atoms with E-state index in [0.717, 1.165) is 24.1 Å². The third-order valence-electron chi connectivity index (χ3n) is 3.79. The van der Waals surface area contributed by atoms with Crippen LogP contribution >= 0.6 is 0 Å². The molecule has 1 amide bonds. The predicted molar refractivity (Wildman–Crippen MR) is 73.3 cm³/mol. The lowest BCUT2D eigenvalue weighted by Gasteiger charge is -2.37. The van der Waals surface area contributed by atoms with Gasteiger partial charge in [0.15, 0.2) is 0 Å². The molecule has 2 atom stereocenters. The van der Waals surface area contributed by atoms with Crippen LogP contribution < -0.4 is 4.90 Å². The average molecular weight is 261 g/mol. The lowest BCUT2D eigenvalue weighted by Crippen LogP contribution is -2.41. The Morgan fingerprint density at radius 3 is 2.84 bits per heavy atom. The van der Waals surface area contributed by atoms with Gasteiger partial charge >= 0.3 is 5.97 Å². The third-order valence-corrected chi connectivity index (χ3v) is 3.79. The van der Waals surface area contributed by atoms with E-state index in [1.54, 1.807) is 17.9 Å². The zero-order valence-corrected chi connectivity index (χ0v) is 11.6. The molecule has 1 aromatic carbocycles. The van der Waals surface area contributed by atoms with Gasteiger partial charge in [-0.1, -0.05) is 6.92 Å². The molecule has 4 nitrogen and oxygen atoms in total. The second kappa shape index (κ2) is 5.43. The van der Waals surface area contributed by atoms with Gasteiger partial charge in [-0.3, -0.25) is 4.79 Å². The summed E-state index contributed by atoms with van der Waals surface area (Å²) in [5.74, 6) is 0.0596. The predicted octanol–water partition coefficient (Wildman–Crippen LogP) is 2.41. The molecule has 0 spiro atoms. The minimum atomic E-state index is -0.311. The van der Waals surface area contributed by atoms with E-state index in [1.165, 1.54) is 0 Å². The zero-order valence-electron chi connectivity index (χ0n) is 11.6. The van der Waals surface area contributed by atoms with Crippen LogP contribution in [0.15, 0.2) is 18.2 Å². The highest BCUT2D eigenvalue weighted by molar-refractivity contribution is 5.91. The second-order valence-electron chi connectivity index (χ2n) is 5.00. The molecule has 0 aliphatic carbocycles. The molecule has 4 heteroatoms. The van der Waals surface area contributed by atoms with Gasteiger partial charge in [0.25, 0.3) is 0 Å². The van der Waals surface area contributed by atoms with E-state index >= 15 is 0 Å². The van der Waals surface area contributed by atoms with Crippen molar-refractivity contribution in [1.29, 1.82) is 0 Å². The molecule has 0 bridgehead atoms. The summed E-state index contributed by atoms with van der Waals surface area (Å²) in [6.07, 6.45) is 1.73. The first-order valence-electron chi connectivity index (χ1n) is 6.62. The van der Waals surface area contributed by atoms with Crippen molar-refractivity contribution in [2.75, 3.05) is 11.5 Å². The Kier molecular flexibility index (Phi) is 3.88. The first-order chi connectivity index (χ1) is 9.08. The van der Waals surface area contributed by atoms with E-state index in [1.807, 2.05) is 19.1 Å². The van der Waals surface area contributed by atoms with Crippen molar-refractivity contribution in [3.63, 3.8) is 0 Å². The van der Waals surface area contributed by atoms with Crippen LogP contribution in [0.1, 0.15) is 36.7 Å². The summed E-state index contributed by atoms with van der Waals surface area (Å²) in [6.45, 7) is 6.31. The van der Waals surface area contributed by atoms with Gasteiger partial charge in [0, 0.05) is 11.7 Å². The van der Waals surface area contributed by atoms with E-state index in [2.05, 4.69) is 6.92 Å². The van der Waals surface area contributed by atoms with Crippen molar-refractivity contribution in [2.45, 2.75) is 33.2 Å². The Labute approximate surface area is 113 Å². The normalized spacial score (nSPS) is 21.7. The smallest absolute Gasteiger partial charge is 0.338 e. The molecule has 1 aromatic rings. The van der Waals surface area contributed by atoms with E-state index in [0.29, 0.717) is 18.1 Å². The Hall–Kier alpha value is -1.84. The van der Waals surface area contributed by atoms with Gasteiger partial charge in [0.1, 0.15) is 0 Å². The lowest BCUT2D eigenvalue weighted by molar-refractivity contribution is -0.108. The van der Waals surface area contributed by atoms with Gasteiger partial charge in [-0.05, 0) is 49.9 Å². The monoisotopic (exact) mass is 261 g/mol. The molecule has 0 radical (unpaired) electrons. The van der Waals surface area contributed by atoms with Crippen LogP contribution in [0.5, 0.6) is 0 Å². The Bertz CT molecular complexity index is 498. The Balaban J connectivity index is 2.38. The number of esters is 1. The molecule has 0 saturated heterocycles. The third kappa shape index (κ3) is 2.48. The van der Waals surface area contributed by atoms with Crippen LogP contribution in [0.3, 0.4) is 0 Å². The highest BCUT2D eigenvalue weighted by atomic mass is 16.5. The maximum atomic E-state index is 11.7. The summed E-state index contributed by atoms with van der Waals surface area (Å²) in [6, 6.07) is 5.57. The van der Waals surface area contributed by atoms with Gasteiger partial charge in [-0.15, -0.1) is 0 Å². The molecule has 0 saturated carbocycles. The van der Waals surface area contributed by atoms with Crippen molar-refractivity contribution < 1.29 is 14.3 Å². The number of carbonyl (C=O) groups is 2. The highest BCUT2D eigenvalue weighted by Crippen LogP contribution is 2.33. The van der Waals surface area contributed by atoms with E-state index in [9.17, 15) is 9.59 Å². The van der Waals surface area contributed by atoms with Crippen molar-refractivity contribution in [3.05, 3.63) is 29.3 Å². The number of benzene rings is 1. The first-order valence-corrected chi connectivity index (χ1v) is 6.62. The number of rotatable bonds is 3. The van der Waals surface area contributed by atoms with Crippen molar-refractivity contribution in [2.24, 2.45) is 5.92 Å². The fourth-order valence-corrected chi connectivity index (χ4v) is 2.51. The first kappa shape index (κ1) is 13.6. The Morgan fingerprint density at radius 2 is 2.21 bits per heavy atom. The quantitative estimate of drug-likeness (QED) is 0.620. The standard InChI is InChI=1S/C15H19NO3/c1-4-19-15(18)12-5-6-14-13(8-12)7-10(2)11(3)16(14)9-17/h5-6,8-11H,4,7H2,1-3H3/t10?,11-/m0/s1. The molecule has 0 fully saturated rings. The maximum absolute atomic E-state index is 11.7. The van der Waals surface area contributed by atoms with E-state index < -0.39 is 0 Å². The number of anilines is 1. The van der Waals surface area contributed by atoms with Crippen LogP contribution in [0, 0.1) is 5.92 Å². The summed E-state index contributed by atoms with van der Waals surface area (Å²) in [5, 5.41) is 0. The Morgan fingerprint density at radius 1 is 1.47 bits per heavy atom. The van der Waals surface area contributed by atoms with E-state index in [-0.39, 0.29) is 12.0 Å². The molecular weight excluding hydrogens is 242 g/mol. The summed E-state index contributed by atoms with van der Waals surface area (Å²) in [7, 11) is 0. The zero-order chi connectivity index (χ0) is 14.0. The minimum Gasteiger partial charge on any atom is -0.462 e. The molecule has 2 rings (SSSR count). The topological polar surface area (TPSA) is 46.6 Å². The number of hydrogen-bond acceptors (Lipinski definition) is 3. The number of fused-ring (bicyclic) bond motifs is 1. The molecule has 0 N–H and O–H groups in total. The molecule has 1 aliphatic heterocycles. The molecule has 102 valence electrons. The van der Waals surface area contributed by atoms with Crippen molar-refractivity contribution in [1.82, 2.24) is 0 Å². The highest BCUT2D eigenvalue weighted by Gasteiger charge is 2.28. The number of amides is 1. The second-order valence-corrected chi connectivity index (χ2v) is 5.00. The van der Waals surface area contributed by atoms with Crippen LogP contribution in [0.25, 0.3) is 0 Å².